The SMILES string of the molecule is CC(C)CS(=O)CCCCCN. The summed E-state index contributed by atoms with van der Waals surface area (Å²) < 4.78 is 11.3. The summed E-state index contributed by atoms with van der Waals surface area (Å²) in [4.78, 5) is 0. The zero-order valence-corrected chi connectivity index (χ0v) is 9.03. The fourth-order valence-electron chi connectivity index (χ4n) is 1.04. The minimum atomic E-state index is -0.594. The molecule has 74 valence electrons. The van der Waals surface area contributed by atoms with Crippen LogP contribution in [0.15, 0.2) is 0 Å². The molecule has 2 N–H and O–H groups in total. The van der Waals surface area contributed by atoms with Crippen LogP contribution in [-0.2, 0) is 10.8 Å². The Kier molecular flexibility index (Phi) is 7.81. The molecule has 0 spiro atoms. The van der Waals surface area contributed by atoms with E-state index in [1.54, 1.807) is 0 Å². The van der Waals surface area contributed by atoms with Crippen molar-refractivity contribution >= 4 is 10.8 Å². The lowest BCUT2D eigenvalue weighted by atomic mass is 10.2. The van der Waals surface area contributed by atoms with E-state index < -0.39 is 10.8 Å². The quantitative estimate of drug-likeness (QED) is 0.620. The van der Waals surface area contributed by atoms with Crippen molar-refractivity contribution in [3.63, 3.8) is 0 Å². The van der Waals surface area contributed by atoms with Crippen LogP contribution in [0.25, 0.3) is 0 Å². The van der Waals surface area contributed by atoms with Gasteiger partial charge in [0.1, 0.15) is 0 Å². The van der Waals surface area contributed by atoms with Gasteiger partial charge in [0.05, 0.1) is 0 Å². The molecule has 1 unspecified atom stereocenters. The second-order valence-corrected chi connectivity index (χ2v) is 5.18. The third kappa shape index (κ3) is 8.21. The Balaban J connectivity index is 3.20. The summed E-state index contributed by atoms with van der Waals surface area (Å²) in [5, 5.41) is 0. The van der Waals surface area contributed by atoms with E-state index in [9.17, 15) is 4.21 Å². The average molecular weight is 191 g/mol. The number of hydrogen-bond acceptors (Lipinski definition) is 2. The molecule has 0 radical (unpaired) electrons. The van der Waals surface area contributed by atoms with Crippen LogP contribution in [0.4, 0.5) is 0 Å². The van der Waals surface area contributed by atoms with E-state index in [1.165, 1.54) is 0 Å². The lowest BCUT2D eigenvalue weighted by Gasteiger charge is -2.04. The van der Waals surface area contributed by atoms with Crippen LogP contribution in [0.5, 0.6) is 0 Å². The predicted molar refractivity (Wildman–Crippen MR) is 55.6 cm³/mol. The second kappa shape index (κ2) is 7.74. The molecule has 0 saturated carbocycles. The molecule has 0 amide bonds. The van der Waals surface area contributed by atoms with Gasteiger partial charge < -0.3 is 5.73 Å². The van der Waals surface area contributed by atoms with Crippen molar-refractivity contribution in [3.05, 3.63) is 0 Å². The zero-order valence-electron chi connectivity index (χ0n) is 8.21. The van der Waals surface area contributed by atoms with Gasteiger partial charge in [0.25, 0.3) is 0 Å². The van der Waals surface area contributed by atoms with Gasteiger partial charge in [0, 0.05) is 22.3 Å². The van der Waals surface area contributed by atoms with E-state index in [1.807, 2.05) is 0 Å². The van der Waals surface area contributed by atoms with Crippen LogP contribution in [0.2, 0.25) is 0 Å². The molecule has 0 heterocycles. The zero-order chi connectivity index (χ0) is 9.40. The van der Waals surface area contributed by atoms with Crippen LogP contribution in [0.1, 0.15) is 33.1 Å². The molecule has 0 bridgehead atoms. The van der Waals surface area contributed by atoms with E-state index >= 15 is 0 Å². The van der Waals surface area contributed by atoms with Crippen molar-refractivity contribution in [1.82, 2.24) is 0 Å². The van der Waals surface area contributed by atoms with Gasteiger partial charge >= 0.3 is 0 Å². The predicted octanol–water partition coefficient (Wildman–Crippen LogP) is 1.52. The van der Waals surface area contributed by atoms with Gasteiger partial charge in [-0.05, 0) is 25.3 Å². The highest BCUT2D eigenvalue weighted by Crippen LogP contribution is 2.00. The van der Waals surface area contributed by atoms with Crippen molar-refractivity contribution in [2.24, 2.45) is 11.7 Å². The van der Waals surface area contributed by atoms with Gasteiger partial charge in [0.2, 0.25) is 0 Å². The smallest absolute Gasteiger partial charge is 0.0257 e. The lowest BCUT2D eigenvalue weighted by molar-refractivity contribution is 0.656. The Morgan fingerprint density at radius 3 is 2.42 bits per heavy atom. The Hall–Kier alpha value is 0.110. The minimum Gasteiger partial charge on any atom is -0.330 e. The molecule has 2 nitrogen and oxygen atoms in total. The summed E-state index contributed by atoms with van der Waals surface area (Å²) in [5.41, 5.74) is 5.35. The molecule has 0 rings (SSSR count). The van der Waals surface area contributed by atoms with Gasteiger partial charge in [-0.1, -0.05) is 20.3 Å². The van der Waals surface area contributed by atoms with Crippen molar-refractivity contribution in [2.45, 2.75) is 33.1 Å². The average Bonchev–Trinajstić information content (AvgIpc) is 1.97. The number of nitrogens with two attached hydrogens (primary N) is 1. The first kappa shape index (κ1) is 12.1. The van der Waals surface area contributed by atoms with Gasteiger partial charge in [-0.3, -0.25) is 4.21 Å². The van der Waals surface area contributed by atoms with E-state index in [0.29, 0.717) is 5.92 Å². The van der Waals surface area contributed by atoms with Gasteiger partial charge in [-0.2, -0.15) is 0 Å². The summed E-state index contributed by atoms with van der Waals surface area (Å²) in [7, 11) is -0.594. The minimum absolute atomic E-state index is 0.556. The molecule has 3 heteroatoms. The monoisotopic (exact) mass is 191 g/mol. The van der Waals surface area contributed by atoms with Gasteiger partial charge in [-0.15, -0.1) is 0 Å². The second-order valence-electron chi connectivity index (χ2n) is 3.55. The van der Waals surface area contributed by atoms with Crippen molar-refractivity contribution in [1.29, 1.82) is 0 Å². The molecule has 1 atom stereocenters. The molecule has 0 fully saturated rings. The molecule has 0 aromatic rings. The van der Waals surface area contributed by atoms with E-state index in [-0.39, 0.29) is 0 Å². The molecular weight excluding hydrogens is 170 g/mol. The standard InChI is InChI=1S/C9H21NOS/c1-9(2)8-12(11)7-5-3-4-6-10/h9H,3-8,10H2,1-2H3. The van der Waals surface area contributed by atoms with Crippen LogP contribution in [0.3, 0.4) is 0 Å². The van der Waals surface area contributed by atoms with Crippen LogP contribution >= 0.6 is 0 Å². The number of rotatable bonds is 7. The molecule has 0 aromatic heterocycles. The summed E-state index contributed by atoms with van der Waals surface area (Å²) in [5.74, 6) is 2.27. The third-order valence-electron chi connectivity index (χ3n) is 1.60. The summed E-state index contributed by atoms with van der Waals surface area (Å²) in [6.45, 7) is 4.98. The highest BCUT2D eigenvalue weighted by Gasteiger charge is 2.01. The van der Waals surface area contributed by atoms with E-state index in [0.717, 1.165) is 37.3 Å². The van der Waals surface area contributed by atoms with Crippen LogP contribution in [-0.4, -0.2) is 22.3 Å². The summed E-state index contributed by atoms with van der Waals surface area (Å²) >= 11 is 0. The molecule has 0 aromatic carbocycles. The first-order chi connectivity index (χ1) is 5.66. The van der Waals surface area contributed by atoms with Crippen LogP contribution in [0, 0.1) is 5.92 Å². The maximum Gasteiger partial charge on any atom is 0.0257 e. The Morgan fingerprint density at radius 1 is 1.25 bits per heavy atom. The van der Waals surface area contributed by atoms with Gasteiger partial charge in [0.15, 0.2) is 0 Å². The molecule has 0 aliphatic rings. The summed E-state index contributed by atoms with van der Waals surface area (Å²) in [6, 6.07) is 0. The van der Waals surface area contributed by atoms with Crippen molar-refractivity contribution < 1.29 is 4.21 Å². The maximum atomic E-state index is 11.3. The Morgan fingerprint density at radius 2 is 1.92 bits per heavy atom. The largest absolute Gasteiger partial charge is 0.330 e. The van der Waals surface area contributed by atoms with Crippen LogP contribution < -0.4 is 5.73 Å². The number of hydrogen-bond donors (Lipinski definition) is 1. The van der Waals surface area contributed by atoms with E-state index in [4.69, 9.17) is 5.73 Å². The highest BCUT2D eigenvalue weighted by atomic mass is 32.2. The molecular formula is C9H21NOS. The normalized spacial score (nSPS) is 13.7. The molecule has 0 aliphatic heterocycles. The van der Waals surface area contributed by atoms with Gasteiger partial charge in [-0.25, -0.2) is 0 Å². The fraction of sp³-hybridized carbons (Fsp3) is 1.00. The number of unbranched alkanes of at least 4 members (excludes halogenated alkanes) is 2. The first-order valence-corrected chi connectivity index (χ1v) is 6.20. The molecule has 12 heavy (non-hydrogen) atoms. The van der Waals surface area contributed by atoms with Crippen molar-refractivity contribution in [3.8, 4) is 0 Å². The Bertz CT molecular complexity index is 126. The maximum absolute atomic E-state index is 11.3. The summed E-state index contributed by atoms with van der Waals surface area (Å²) in [6.07, 6.45) is 3.26. The highest BCUT2D eigenvalue weighted by molar-refractivity contribution is 7.84. The first-order valence-electron chi connectivity index (χ1n) is 4.72. The lowest BCUT2D eigenvalue weighted by Crippen LogP contribution is -2.08. The molecule has 0 saturated heterocycles. The topological polar surface area (TPSA) is 43.1 Å². The third-order valence-corrected chi connectivity index (χ3v) is 3.38. The molecule has 0 aliphatic carbocycles. The Labute approximate surface area is 78.4 Å². The van der Waals surface area contributed by atoms with E-state index in [2.05, 4.69) is 13.8 Å². The van der Waals surface area contributed by atoms with Crippen molar-refractivity contribution in [2.75, 3.05) is 18.1 Å². The fourth-order valence-corrected chi connectivity index (χ4v) is 2.48.